The van der Waals surface area contributed by atoms with E-state index in [2.05, 4.69) is 4.72 Å². The Balaban J connectivity index is 1.85. The lowest BCUT2D eigenvalue weighted by atomic mass is 9.95. The Morgan fingerprint density at radius 1 is 0.800 bits per heavy atom. The molecule has 5 nitrogen and oxygen atoms in total. The highest BCUT2D eigenvalue weighted by atomic mass is 32.2. The summed E-state index contributed by atoms with van der Waals surface area (Å²) in [6.07, 6.45) is 0. The van der Waals surface area contributed by atoms with Crippen molar-refractivity contribution >= 4 is 26.5 Å². The molecular weight excluding hydrogens is 398 g/mol. The van der Waals surface area contributed by atoms with Crippen molar-refractivity contribution in [1.82, 2.24) is 0 Å². The van der Waals surface area contributed by atoms with Gasteiger partial charge in [0.15, 0.2) is 0 Å². The van der Waals surface area contributed by atoms with Crippen LogP contribution in [-0.2, 0) is 10.0 Å². The summed E-state index contributed by atoms with van der Waals surface area (Å²) in [5, 5.41) is 22.8. The van der Waals surface area contributed by atoms with E-state index in [1.807, 2.05) is 31.2 Å². The van der Waals surface area contributed by atoms with Gasteiger partial charge in [0.05, 0.1) is 10.6 Å². The van der Waals surface area contributed by atoms with Crippen LogP contribution < -0.4 is 4.72 Å². The van der Waals surface area contributed by atoms with Crippen LogP contribution in [0.1, 0.15) is 11.1 Å². The van der Waals surface area contributed by atoms with E-state index in [0.717, 1.165) is 16.3 Å². The van der Waals surface area contributed by atoms with Gasteiger partial charge in [0.25, 0.3) is 10.0 Å². The molecule has 0 amide bonds. The average Bonchev–Trinajstić information content (AvgIpc) is 2.71. The number of hydrogen-bond donors (Lipinski definition) is 3. The molecule has 6 heteroatoms. The van der Waals surface area contributed by atoms with Crippen molar-refractivity contribution in [1.29, 1.82) is 0 Å². The minimum absolute atomic E-state index is 0.000180. The molecule has 4 rings (SSSR count). The Bertz CT molecular complexity index is 1360. The van der Waals surface area contributed by atoms with Crippen molar-refractivity contribution in [2.45, 2.75) is 18.7 Å². The minimum atomic E-state index is -3.81. The van der Waals surface area contributed by atoms with Crippen molar-refractivity contribution in [2.24, 2.45) is 0 Å². The van der Waals surface area contributed by atoms with Gasteiger partial charge in [-0.3, -0.25) is 4.72 Å². The maximum atomic E-state index is 12.9. The van der Waals surface area contributed by atoms with Crippen molar-refractivity contribution in [3.05, 3.63) is 83.9 Å². The molecule has 0 heterocycles. The Labute approximate surface area is 175 Å². The normalized spacial score (nSPS) is 11.5. The van der Waals surface area contributed by atoms with E-state index >= 15 is 0 Å². The quantitative estimate of drug-likeness (QED) is 0.390. The molecule has 0 unspecified atom stereocenters. The zero-order valence-electron chi connectivity index (χ0n) is 16.5. The highest BCUT2D eigenvalue weighted by molar-refractivity contribution is 7.92. The molecule has 0 aromatic heterocycles. The standard InChI is InChI=1S/C24H21NO4S/c1-15-7-10-18(11-8-15)30(28,29)25-21-14-20(23(27)13-16(21)2)24-19-6-4-3-5-17(19)9-12-22(24)26/h3-14,25-27H,1-2H3. The van der Waals surface area contributed by atoms with E-state index < -0.39 is 10.0 Å². The molecule has 0 fully saturated rings. The molecule has 0 atom stereocenters. The maximum absolute atomic E-state index is 12.9. The first-order chi connectivity index (χ1) is 14.3. The third kappa shape index (κ3) is 3.57. The first kappa shape index (κ1) is 19.8. The molecule has 0 spiro atoms. The monoisotopic (exact) mass is 419 g/mol. The summed E-state index contributed by atoms with van der Waals surface area (Å²) in [6, 6.07) is 20.4. The van der Waals surface area contributed by atoms with Crippen LogP contribution in [0.4, 0.5) is 5.69 Å². The molecule has 4 aromatic rings. The molecule has 0 aliphatic heterocycles. The number of phenols is 2. The van der Waals surface area contributed by atoms with E-state index in [4.69, 9.17) is 0 Å². The number of aryl methyl sites for hydroxylation is 2. The number of anilines is 1. The first-order valence-electron chi connectivity index (χ1n) is 9.40. The van der Waals surface area contributed by atoms with Gasteiger partial charge in [-0.2, -0.15) is 0 Å². The van der Waals surface area contributed by atoms with Crippen LogP contribution in [0.5, 0.6) is 11.5 Å². The highest BCUT2D eigenvalue weighted by Gasteiger charge is 2.19. The number of phenolic OH excluding ortho intramolecular Hbond substituents is 2. The summed E-state index contributed by atoms with van der Waals surface area (Å²) in [5.41, 5.74) is 2.64. The second-order valence-electron chi connectivity index (χ2n) is 7.28. The molecule has 152 valence electrons. The summed E-state index contributed by atoms with van der Waals surface area (Å²) in [4.78, 5) is 0.148. The third-order valence-electron chi connectivity index (χ3n) is 5.09. The van der Waals surface area contributed by atoms with Crippen molar-refractivity contribution in [3.63, 3.8) is 0 Å². The zero-order chi connectivity index (χ0) is 21.5. The predicted octanol–water partition coefficient (Wildman–Crippen LogP) is 5.34. The summed E-state index contributed by atoms with van der Waals surface area (Å²) >= 11 is 0. The van der Waals surface area contributed by atoms with Gasteiger partial charge in [0, 0.05) is 11.1 Å². The SMILES string of the molecule is Cc1ccc(S(=O)(=O)Nc2cc(-c3c(O)ccc4ccccc34)c(O)cc2C)cc1. The second kappa shape index (κ2) is 7.39. The van der Waals surface area contributed by atoms with Gasteiger partial charge in [-0.1, -0.05) is 48.0 Å². The minimum Gasteiger partial charge on any atom is -0.507 e. The molecule has 30 heavy (non-hydrogen) atoms. The van der Waals surface area contributed by atoms with E-state index in [9.17, 15) is 18.6 Å². The van der Waals surface area contributed by atoms with Crippen LogP contribution >= 0.6 is 0 Å². The van der Waals surface area contributed by atoms with E-state index in [-0.39, 0.29) is 16.4 Å². The van der Waals surface area contributed by atoms with Crippen LogP contribution in [0.3, 0.4) is 0 Å². The second-order valence-corrected chi connectivity index (χ2v) is 8.97. The molecule has 0 aliphatic carbocycles. The predicted molar refractivity (Wildman–Crippen MR) is 119 cm³/mol. The summed E-state index contributed by atoms with van der Waals surface area (Å²) in [6.45, 7) is 3.59. The summed E-state index contributed by atoms with van der Waals surface area (Å²) in [7, 11) is -3.81. The molecular formula is C24H21NO4S. The van der Waals surface area contributed by atoms with Crippen molar-refractivity contribution < 1.29 is 18.6 Å². The molecule has 0 aliphatic rings. The lowest BCUT2D eigenvalue weighted by Crippen LogP contribution is -2.13. The van der Waals surface area contributed by atoms with Gasteiger partial charge < -0.3 is 10.2 Å². The van der Waals surface area contributed by atoms with Gasteiger partial charge in [-0.15, -0.1) is 0 Å². The van der Waals surface area contributed by atoms with Crippen molar-refractivity contribution in [3.8, 4) is 22.6 Å². The zero-order valence-corrected chi connectivity index (χ0v) is 17.4. The average molecular weight is 420 g/mol. The van der Waals surface area contributed by atoms with Crippen LogP contribution in [0.25, 0.3) is 21.9 Å². The van der Waals surface area contributed by atoms with Crippen LogP contribution in [0, 0.1) is 13.8 Å². The molecule has 0 saturated carbocycles. The molecule has 3 N–H and O–H groups in total. The lowest BCUT2D eigenvalue weighted by molar-refractivity contribution is 0.469. The molecule has 4 aromatic carbocycles. The number of hydrogen-bond acceptors (Lipinski definition) is 4. The van der Waals surface area contributed by atoms with E-state index in [1.165, 1.54) is 6.07 Å². The Morgan fingerprint density at radius 3 is 2.23 bits per heavy atom. The Morgan fingerprint density at radius 2 is 1.50 bits per heavy atom. The summed E-state index contributed by atoms with van der Waals surface area (Å²) < 4.78 is 28.3. The van der Waals surface area contributed by atoms with Gasteiger partial charge in [0.2, 0.25) is 0 Å². The topological polar surface area (TPSA) is 86.6 Å². The molecule has 0 radical (unpaired) electrons. The smallest absolute Gasteiger partial charge is 0.261 e. The van der Waals surface area contributed by atoms with Gasteiger partial charge in [-0.05, 0) is 60.5 Å². The van der Waals surface area contributed by atoms with Crippen LogP contribution in [0.2, 0.25) is 0 Å². The Kier molecular flexibility index (Phi) is 4.87. The number of nitrogens with one attached hydrogen (secondary N) is 1. The number of fused-ring (bicyclic) bond motifs is 1. The maximum Gasteiger partial charge on any atom is 0.261 e. The lowest BCUT2D eigenvalue weighted by Gasteiger charge is -2.16. The van der Waals surface area contributed by atoms with E-state index in [1.54, 1.807) is 49.4 Å². The van der Waals surface area contributed by atoms with Gasteiger partial charge in [0.1, 0.15) is 11.5 Å². The molecule has 0 bridgehead atoms. The third-order valence-corrected chi connectivity index (χ3v) is 6.48. The first-order valence-corrected chi connectivity index (χ1v) is 10.9. The van der Waals surface area contributed by atoms with Crippen LogP contribution in [0.15, 0.2) is 77.7 Å². The van der Waals surface area contributed by atoms with Gasteiger partial charge in [-0.25, -0.2) is 8.42 Å². The fourth-order valence-corrected chi connectivity index (χ4v) is 4.59. The largest absolute Gasteiger partial charge is 0.507 e. The summed E-state index contributed by atoms with van der Waals surface area (Å²) in [5.74, 6) is -0.0439. The van der Waals surface area contributed by atoms with Gasteiger partial charge >= 0.3 is 0 Å². The fourth-order valence-electron chi connectivity index (χ4n) is 3.47. The number of benzene rings is 4. The Hall–Kier alpha value is -3.51. The van der Waals surface area contributed by atoms with Crippen LogP contribution in [-0.4, -0.2) is 18.6 Å². The number of sulfonamides is 1. The van der Waals surface area contributed by atoms with Crippen molar-refractivity contribution in [2.75, 3.05) is 4.72 Å². The number of aromatic hydroxyl groups is 2. The number of rotatable bonds is 4. The molecule has 0 saturated heterocycles. The highest BCUT2D eigenvalue weighted by Crippen LogP contribution is 2.42. The fraction of sp³-hybridized carbons (Fsp3) is 0.0833. The van der Waals surface area contributed by atoms with E-state index in [0.29, 0.717) is 22.4 Å².